The smallest absolute Gasteiger partial charge is 0.275 e. The number of rotatable bonds is 4. The highest BCUT2D eigenvalue weighted by molar-refractivity contribution is 6.02. The third-order valence-corrected chi connectivity index (χ3v) is 4.34. The number of hydrogen-bond acceptors (Lipinski definition) is 3. The van der Waals surface area contributed by atoms with Crippen LogP contribution in [-0.2, 0) is 19.5 Å². The van der Waals surface area contributed by atoms with Crippen molar-refractivity contribution in [3.8, 4) is 0 Å². The molecule has 24 heavy (non-hydrogen) atoms. The Balaban J connectivity index is 1.53. The number of nitrogens with one attached hydrogen (secondary N) is 1. The molecule has 3 aromatic rings. The Morgan fingerprint density at radius 3 is 2.92 bits per heavy atom. The standard InChI is InChI=1S/C18H19N5O/c24-18(15-12-19-16-8-4-5-11-22(15)16)21-17-9-10-20-23(17)13-14-6-2-1-3-7-14/h1-3,6-7,9-10,12H,4-5,8,11,13H2,(H,21,24). The van der Waals surface area contributed by atoms with Crippen LogP contribution in [0.4, 0.5) is 5.82 Å². The summed E-state index contributed by atoms with van der Waals surface area (Å²) in [6, 6.07) is 11.9. The van der Waals surface area contributed by atoms with Gasteiger partial charge in [0.25, 0.3) is 5.91 Å². The van der Waals surface area contributed by atoms with Gasteiger partial charge < -0.3 is 9.88 Å². The second kappa shape index (κ2) is 6.31. The lowest BCUT2D eigenvalue weighted by Crippen LogP contribution is -2.22. The van der Waals surface area contributed by atoms with E-state index in [1.165, 1.54) is 0 Å². The zero-order valence-electron chi connectivity index (χ0n) is 13.4. The normalized spacial score (nSPS) is 13.5. The van der Waals surface area contributed by atoms with E-state index >= 15 is 0 Å². The largest absolute Gasteiger partial charge is 0.324 e. The first-order valence-corrected chi connectivity index (χ1v) is 8.23. The third kappa shape index (κ3) is 2.82. The van der Waals surface area contributed by atoms with Gasteiger partial charge in [-0.1, -0.05) is 30.3 Å². The number of aryl methyl sites for hydroxylation is 1. The van der Waals surface area contributed by atoms with Gasteiger partial charge in [0.05, 0.1) is 18.9 Å². The number of anilines is 1. The Morgan fingerprint density at radius 2 is 2.04 bits per heavy atom. The Kier molecular flexibility index (Phi) is 3.86. The number of fused-ring (bicyclic) bond motifs is 1. The van der Waals surface area contributed by atoms with Gasteiger partial charge in [-0.2, -0.15) is 5.10 Å². The van der Waals surface area contributed by atoms with Gasteiger partial charge in [0.2, 0.25) is 0 Å². The van der Waals surface area contributed by atoms with E-state index in [2.05, 4.69) is 15.4 Å². The number of carbonyl (C=O) groups excluding carboxylic acids is 1. The van der Waals surface area contributed by atoms with Gasteiger partial charge in [-0.25, -0.2) is 9.67 Å². The molecule has 3 heterocycles. The van der Waals surface area contributed by atoms with Crippen LogP contribution in [0.25, 0.3) is 0 Å². The topological polar surface area (TPSA) is 64.7 Å². The van der Waals surface area contributed by atoms with Crippen LogP contribution in [0.2, 0.25) is 0 Å². The maximum atomic E-state index is 12.6. The zero-order valence-corrected chi connectivity index (χ0v) is 13.4. The van der Waals surface area contributed by atoms with E-state index in [0.717, 1.165) is 37.2 Å². The molecule has 1 amide bonds. The summed E-state index contributed by atoms with van der Waals surface area (Å²) < 4.78 is 3.82. The summed E-state index contributed by atoms with van der Waals surface area (Å²) in [5, 5.41) is 7.28. The van der Waals surface area contributed by atoms with E-state index in [-0.39, 0.29) is 5.91 Å². The number of benzene rings is 1. The Bertz CT molecular complexity index is 849. The van der Waals surface area contributed by atoms with Crippen LogP contribution in [0.3, 0.4) is 0 Å². The molecule has 1 N–H and O–H groups in total. The van der Waals surface area contributed by atoms with Crippen LogP contribution in [0, 0.1) is 0 Å². The van der Waals surface area contributed by atoms with Crippen LogP contribution < -0.4 is 5.32 Å². The SMILES string of the molecule is O=C(Nc1ccnn1Cc1ccccc1)c1cnc2n1CCCC2. The van der Waals surface area contributed by atoms with Crippen LogP contribution in [-0.4, -0.2) is 25.2 Å². The molecule has 0 radical (unpaired) electrons. The summed E-state index contributed by atoms with van der Waals surface area (Å²) in [5.74, 6) is 1.56. The van der Waals surface area contributed by atoms with Crippen molar-refractivity contribution in [3.05, 3.63) is 65.9 Å². The number of hydrogen-bond donors (Lipinski definition) is 1. The minimum atomic E-state index is -0.134. The minimum absolute atomic E-state index is 0.134. The molecule has 0 spiro atoms. The summed E-state index contributed by atoms with van der Waals surface area (Å²) in [7, 11) is 0. The maximum Gasteiger partial charge on any atom is 0.275 e. The summed E-state index contributed by atoms with van der Waals surface area (Å²) >= 11 is 0. The molecule has 0 fully saturated rings. The van der Waals surface area contributed by atoms with E-state index in [0.29, 0.717) is 18.1 Å². The summed E-state index contributed by atoms with van der Waals surface area (Å²) in [6.45, 7) is 1.48. The number of nitrogens with zero attached hydrogens (tertiary/aromatic N) is 4. The summed E-state index contributed by atoms with van der Waals surface area (Å²) in [6.07, 6.45) is 6.55. The van der Waals surface area contributed by atoms with Crippen molar-refractivity contribution >= 4 is 11.7 Å². The Hall–Kier alpha value is -2.89. The molecule has 0 atom stereocenters. The van der Waals surface area contributed by atoms with Crippen molar-refractivity contribution in [1.82, 2.24) is 19.3 Å². The molecule has 6 nitrogen and oxygen atoms in total. The quantitative estimate of drug-likeness (QED) is 0.803. The monoisotopic (exact) mass is 321 g/mol. The second-order valence-electron chi connectivity index (χ2n) is 5.98. The Labute approximate surface area is 140 Å². The summed E-state index contributed by atoms with van der Waals surface area (Å²) in [4.78, 5) is 17.0. The lowest BCUT2D eigenvalue weighted by molar-refractivity contribution is 0.101. The molecule has 1 aliphatic rings. The molecular weight excluding hydrogens is 302 g/mol. The number of carbonyl (C=O) groups is 1. The van der Waals surface area contributed by atoms with Crippen molar-refractivity contribution in [2.75, 3.05) is 5.32 Å². The average molecular weight is 321 g/mol. The molecule has 6 heteroatoms. The van der Waals surface area contributed by atoms with Crippen molar-refractivity contribution in [2.45, 2.75) is 32.4 Å². The van der Waals surface area contributed by atoms with Crippen molar-refractivity contribution in [3.63, 3.8) is 0 Å². The fourth-order valence-corrected chi connectivity index (χ4v) is 3.10. The predicted octanol–water partition coefficient (Wildman–Crippen LogP) is 2.72. The highest BCUT2D eigenvalue weighted by Crippen LogP contribution is 2.18. The molecule has 0 saturated carbocycles. The number of aromatic nitrogens is 4. The minimum Gasteiger partial charge on any atom is -0.324 e. The first-order chi connectivity index (χ1) is 11.8. The highest BCUT2D eigenvalue weighted by Gasteiger charge is 2.19. The van der Waals surface area contributed by atoms with Gasteiger partial charge in [-0.15, -0.1) is 0 Å². The summed E-state index contributed by atoms with van der Waals surface area (Å²) in [5.41, 5.74) is 1.76. The van der Waals surface area contributed by atoms with E-state index < -0.39 is 0 Å². The van der Waals surface area contributed by atoms with Crippen LogP contribution in [0.1, 0.15) is 34.7 Å². The van der Waals surface area contributed by atoms with Gasteiger partial charge >= 0.3 is 0 Å². The van der Waals surface area contributed by atoms with Gasteiger partial charge in [0, 0.05) is 19.0 Å². The van der Waals surface area contributed by atoms with E-state index in [1.54, 1.807) is 17.1 Å². The highest BCUT2D eigenvalue weighted by atomic mass is 16.2. The van der Waals surface area contributed by atoms with E-state index in [4.69, 9.17) is 0 Å². The zero-order chi connectivity index (χ0) is 16.4. The molecule has 1 aliphatic heterocycles. The molecule has 0 aliphatic carbocycles. The molecule has 0 saturated heterocycles. The maximum absolute atomic E-state index is 12.6. The third-order valence-electron chi connectivity index (χ3n) is 4.34. The van der Waals surface area contributed by atoms with Gasteiger partial charge in [0.15, 0.2) is 0 Å². The molecule has 0 bridgehead atoms. The van der Waals surface area contributed by atoms with Gasteiger partial charge in [0.1, 0.15) is 17.3 Å². The molecular formula is C18H19N5O. The second-order valence-corrected chi connectivity index (χ2v) is 5.98. The fourth-order valence-electron chi connectivity index (χ4n) is 3.10. The molecule has 4 rings (SSSR count). The van der Waals surface area contributed by atoms with Crippen molar-refractivity contribution < 1.29 is 4.79 Å². The van der Waals surface area contributed by atoms with Gasteiger partial charge in [-0.3, -0.25) is 4.79 Å². The van der Waals surface area contributed by atoms with Gasteiger partial charge in [-0.05, 0) is 18.4 Å². The molecule has 0 unspecified atom stereocenters. The van der Waals surface area contributed by atoms with Crippen LogP contribution in [0.5, 0.6) is 0 Å². The predicted molar refractivity (Wildman–Crippen MR) is 90.9 cm³/mol. The fraction of sp³-hybridized carbons (Fsp3) is 0.278. The van der Waals surface area contributed by atoms with Crippen LogP contribution in [0.15, 0.2) is 48.8 Å². The molecule has 1 aromatic carbocycles. The van der Waals surface area contributed by atoms with Crippen molar-refractivity contribution in [1.29, 1.82) is 0 Å². The lowest BCUT2D eigenvalue weighted by atomic mass is 10.1. The first kappa shape index (κ1) is 14.7. The number of amides is 1. The lowest BCUT2D eigenvalue weighted by Gasteiger charge is -2.16. The van der Waals surface area contributed by atoms with E-state index in [1.807, 2.05) is 41.0 Å². The van der Waals surface area contributed by atoms with Crippen molar-refractivity contribution in [2.24, 2.45) is 0 Å². The Morgan fingerprint density at radius 1 is 1.17 bits per heavy atom. The number of imidazole rings is 1. The van der Waals surface area contributed by atoms with E-state index in [9.17, 15) is 4.79 Å². The first-order valence-electron chi connectivity index (χ1n) is 8.23. The molecule has 2 aromatic heterocycles. The molecule has 122 valence electrons. The average Bonchev–Trinajstić information content (AvgIpc) is 3.23. The van der Waals surface area contributed by atoms with Crippen LogP contribution >= 0.6 is 0 Å².